The molecule has 0 aliphatic carbocycles. The number of amides is 1. The Kier molecular flexibility index (Phi) is 4.81. The lowest BCUT2D eigenvalue weighted by molar-refractivity contribution is 0.136. The molecule has 112 valence electrons. The van der Waals surface area contributed by atoms with Crippen molar-refractivity contribution in [2.45, 2.75) is 38.0 Å². The van der Waals surface area contributed by atoms with E-state index in [1.807, 2.05) is 20.8 Å². The van der Waals surface area contributed by atoms with E-state index in [-0.39, 0.29) is 16.9 Å². The molecular weight excluding hydrogens is 278 g/mol. The third-order valence-corrected chi connectivity index (χ3v) is 4.64. The lowest BCUT2D eigenvalue weighted by Gasteiger charge is -2.20. The van der Waals surface area contributed by atoms with Crippen LogP contribution in [0.2, 0.25) is 0 Å². The van der Waals surface area contributed by atoms with Crippen molar-refractivity contribution >= 4 is 16.1 Å². The highest BCUT2D eigenvalue weighted by Crippen LogP contribution is 2.24. The molecular formula is C14H21NO4S. The van der Waals surface area contributed by atoms with E-state index < -0.39 is 16.1 Å². The van der Waals surface area contributed by atoms with Gasteiger partial charge in [-0.15, -0.1) is 0 Å². The summed E-state index contributed by atoms with van der Waals surface area (Å²) in [4.78, 5) is 11.6. The number of carbonyl (C=O) groups is 1. The Morgan fingerprint density at radius 1 is 1.20 bits per heavy atom. The van der Waals surface area contributed by atoms with Gasteiger partial charge in [0.15, 0.2) is 0 Å². The molecule has 6 heteroatoms. The van der Waals surface area contributed by atoms with Gasteiger partial charge in [0, 0.05) is 7.05 Å². The van der Waals surface area contributed by atoms with Gasteiger partial charge in [-0.3, -0.25) is 0 Å². The van der Waals surface area contributed by atoms with Crippen molar-refractivity contribution < 1.29 is 17.9 Å². The van der Waals surface area contributed by atoms with Crippen molar-refractivity contribution in [2.24, 2.45) is 0 Å². The summed E-state index contributed by atoms with van der Waals surface area (Å²) in [6, 6.07) is 6.52. The lowest BCUT2D eigenvalue weighted by Crippen LogP contribution is -2.33. The van der Waals surface area contributed by atoms with E-state index in [9.17, 15) is 13.2 Å². The second kappa shape index (κ2) is 5.83. The van der Waals surface area contributed by atoms with Crippen molar-refractivity contribution in [3.05, 3.63) is 29.8 Å². The van der Waals surface area contributed by atoms with Crippen LogP contribution in [0.1, 0.15) is 33.3 Å². The zero-order valence-electron chi connectivity index (χ0n) is 12.5. The molecule has 0 saturated carbocycles. The summed E-state index contributed by atoms with van der Waals surface area (Å²) in [5.74, 6) is 0. The maximum Gasteiger partial charge on any atom is 0.423 e. The summed E-state index contributed by atoms with van der Waals surface area (Å²) in [6.07, 6.45) is -0.882. The number of hydrogen-bond acceptors (Lipinski definition) is 4. The highest BCUT2D eigenvalue weighted by atomic mass is 32.2. The van der Waals surface area contributed by atoms with Gasteiger partial charge < -0.3 is 4.74 Å². The molecule has 0 unspecified atom stereocenters. The first-order valence-electron chi connectivity index (χ1n) is 6.37. The van der Waals surface area contributed by atoms with Crippen LogP contribution in [0.4, 0.5) is 4.79 Å². The van der Waals surface area contributed by atoms with Crippen LogP contribution in [-0.4, -0.2) is 32.5 Å². The minimum atomic E-state index is -3.86. The monoisotopic (exact) mass is 299 g/mol. The predicted octanol–water partition coefficient (Wildman–Crippen LogP) is 2.76. The molecule has 0 heterocycles. The van der Waals surface area contributed by atoms with E-state index in [2.05, 4.69) is 0 Å². The first kappa shape index (κ1) is 16.5. The molecule has 0 atom stereocenters. The summed E-state index contributed by atoms with van der Waals surface area (Å²) in [6.45, 7) is 7.88. The largest absolute Gasteiger partial charge is 0.449 e. The number of nitrogens with zero attached hydrogens (tertiary/aromatic N) is 1. The zero-order chi connectivity index (χ0) is 15.6. The molecule has 1 aromatic carbocycles. The molecule has 1 amide bonds. The molecule has 5 nitrogen and oxygen atoms in total. The van der Waals surface area contributed by atoms with Crippen LogP contribution >= 0.6 is 0 Å². The maximum absolute atomic E-state index is 12.2. The van der Waals surface area contributed by atoms with Gasteiger partial charge in [-0.25, -0.2) is 17.5 Å². The number of rotatable bonds is 3. The minimum absolute atomic E-state index is 0.0602. The van der Waals surface area contributed by atoms with Gasteiger partial charge in [0.25, 0.3) is 10.0 Å². The van der Waals surface area contributed by atoms with Gasteiger partial charge in [0.05, 0.1) is 11.5 Å². The van der Waals surface area contributed by atoms with Crippen LogP contribution in [0.3, 0.4) is 0 Å². The fourth-order valence-electron chi connectivity index (χ4n) is 1.60. The Labute approximate surface area is 120 Å². The Morgan fingerprint density at radius 3 is 2.10 bits per heavy atom. The molecule has 1 aromatic rings. The Hall–Kier alpha value is -1.56. The van der Waals surface area contributed by atoms with Crippen LogP contribution in [-0.2, 0) is 20.2 Å². The van der Waals surface area contributed by atoms with Gasteiger partial charge >= 0.3 is 6.09 Å². The second-order valence-electron chi connectivity index (χ2n) is 5.45. The van der Waals surface area contributed by atoms with Gasteiger partial charge in [-0.1, -0.05) is 32.9 Å². The minimum Gasteiger partial charge on any atom is -0.449 e. The van der Waals surface area contributed by atoms with Gasteiger partial charge in [0.1, 0.15) is 0 Å². The van der Waals surface area contributed by atoms with Crippen LogP contribution in [0.5, 0.6) is 0 Å². The first-order chi connectivity index (χ1) is 9.10. The summed E-state index contributed by atoms with van der Waals surface area (Å²) in [7, 11) is -2.68. The summed E-state index contributed by atoms with van der Waals surface area (Å²) < 4.78 is 29.8. The van der Waals surface area contributed by atoms with E-state index in [1.54, 1.807) is 19.1 Å². The van der Waals surface area contributed by atoms with Crippen LogP contribution < -0.4 is 0 Å². The van der Waals surface area contributed by atoms with Crippen LogP contribution in [0, 0.1) is 0 Å². The zero-order valence-corrected chi connectivity index (χ0v) is 13.3. The Bertz CT molecular complexity index is 570. The maximum atomic E-state index is 12.2. The summed E-state index contributed by atoms with van der Waals surface area (Å²) >= 11 is 0. The molecule has 20 heavy (non-hydrogen) atoms. The van der Waals surface area contributed by atoms with E-state index >= 15 is 0 Å². The third-order valence-electron chi connectivity index (χ3n) is 2.90. The molecule has 0 saturated heterocycles. The van der Waals surface area contributed by atoms with E-state index in [0.29, 0.717) is 4.31 Å². The fourth-order valence-corrected chi connectivity index (χ4v) is 2.64. The van der Waals surface area contributed by atoms with E-state index in [0.717, 1.165) is 5.56 Å². The Balaban J connectivity index is 3.08. The van der Waals surface area contributed by atoms with E-state index in [4.69, 9.17) is 4.74 Å². The first-order valence-corrected chi connectivity index (χ1v) is 7.81. The predicted molar refractivity (Wildman–Crippen MR) is 77.1 cm³/mol. The van der Waals surface area contributed by atoms with Crippen LogP contribution in [0.25, 0.3) is 0 Å². The van der Waals surface area contributed by atoms with Gasteiger partial charge in [-0.2, -0.15) is 0 Å². The standard InChI is InChI=1S/C14H21NO4S/c1-6-19-13(16)15(5)20(17,18)12-9-7-11(8-10-12)14(2,3)4/h7-10H,6H2,1-5H3. The number of sulfonamides is 1. The number of hydrogen-bond donors (Lipinski definition) is 0. The van der Waals surface area contributed by atoms with Gasteiger partial charge in [-0.05, 0) is 30.0 Å². The van der Waals surface area contributed by atoms with Crippen molar-refractivity contribution in [1.82, 2.24) is 4.31 Å². The van der Waals surface area contributed by atoms with Crippen LogP contribution in [0.15, 0.2) is 29.2 Å². The SMILES string of the molecule is CCOC(=O)N(C)S(=O)(=O)c1ccc(C(C)(C)C)cc1. The van der Waals surface area contributed by atoms with E-state index in [1.165, 1.54) is 19.2 Å². The van der Waals surface area contributed by atoms with Crippen molar-refractivity contribution in [2.75, 3.05) is 13.7 Å². The fraction of sp³-hybridized carbons (Fsp3) is 0.500. The molecule has 0 radical (unpaired) electrons. The Morgan fingerprint density at radius 2 is 1.70 bits per heavy atom. The van der Waals surface area contributed by atoms with Crippen molar-refractivity contribution in [1.29, 1.82) is 0 Å². The average molecular weight is 299 g/mol. The highest BCUT2D eigenvalue weighted by molar-refractivity contribution is 7.89. The topological polar surface area (TPSA) is 63.7 Å². The number of ether oxygens (including phenoxy) is 1. The van der Waals surface area contributed by atoms with Gasteiger partial charge in [0.2, 0.25) is 0 Å². The second-order valence-corrected chi connectivity index (χ2v) is 7.42. The molecule has 0 aliphatic rings. The highest BCUT2D eigenvalue weighted by Gasteiger charge is 2.27. The average Bonchev–Trinajstić information content (AvgIpc) is 2.37. The molecule has 0 aliphatic heterocycles. The normalized spacial score (nSPS) is 12.1. The molecule has 0 aromatic heterocycles. The summed E-state index contributed by atoms with van der Waals surface area (Å²) in [5, 5.41) is 0. The molecule has 1 rings (SSSR count). The number of benzene rings is 1. The quantitative estimate of drug-likeness (QED) is 0.861. The van der Waals surface area contributed by atoms with Crippen molar-refractivity contribution in [3.63, 3.8) is 0 Å². The third kappa shape index (κ3) is 3.50. The van der Waals surface area contributed by atoms with Crippen molar-refractivity contribution in [3.8, 4) is 0 Å². The lowest BCUT2D eigenvalue weighted by atomic mass is 9.87. The molecule has 0 bridgehead atoms. The smallest absolute Gasteiger partial charge is 0.423 e. The summed E-state index contributed by atoms with van der Waals surface area (Å²) in [5.41, 5.74) is 0.963. The molecule has 0 spiro atoms. The molecule has 0 fully saturated rings. The molecule has 0 N–H and O–H groups in total. The number of carbonyl (C=O) groups excluding carboxylic acids is 1.